The number of halogens is 2. The average molecular weight is 279 g/mol. The van der Waals surface area contributed by atoms with E-state index < -0.39 is 0 Å². The molecule has 0 amide bonds. The maximum Gasteiger partial charge on any atom is 0.137 e. The first-order chi connectivity index (χ1) is 8.69. The number of pyridine rings is 1. The molecule has 0 spiro atoms. The summed E-state index contributed by atoms with van der Waals surface area (Å²) in [4.78, 5) is 3.92. The van der Waals surface area contributed by atoms with Crippen LogP contribution in [0.3, 0.4) is 0 Å². The van der Waals surface area contributed by atoms with Gasteiger partial charge in [0.15, 0.2) is 0 Å². The minimum atomic E-state index is 0.276. The lowest BCUT2D eigenvalue weighted by atomic mass is 10.2. The molecule has 0 saturated carbocycles. The summed E-state index contributed by atoms with van der Waals surface area (Å²) in [5, 5.41) is 9.43. The first-order valence-corrected chi connectivity index (χ1v) is 5.88. The SMILES string of the molecule is N#Cc1cccc(OCc2ccc(Cl)nc2Cl)c1. The number of rotatable bonds is 3. The van der Waals surface area contributed by atoms with Crippen molar-refractivity contribution in [2.75, 3.05) is 0 Å². The molecule has 0 aliphatic heterocycles. The van der Waals surface area contributed by atoms with Gasteiger partial charge in [0.2, 0.25) is 0 Å². The molecule has 3 nitrogen and oxygen atoms in total. The Morgan fingerprint density at radius 1 is 1.22 bits per heavy atom. The van der Waals surface area contributed by atoms with Crippen molar-refractivity contribution in [3.05, 3.63) is 57.8 Å². The van der Waals surface area contributed by atoms with Crippen LogP contribution in [-0.2, 0) is 6.61 Å². The first-order valence-electron chi connectivity index (χ1n) is 5.13. The Balaban J connectivity index is 2.09. The van der Waals surface area contributed by atoms with Crippen molar-refractivity contribution < 1.29 is 4.74 Å². The summed E-state index contributed by atoms with van der Waals surface area (Å²) in [6.07, 6.45) is 0. The van der Waals surface area contributed by atoms with Crippen LogP contribution >= 0.6 is 23.2 Å². The number of benzene rings is 1. The molecule has 5 heteroatoms. The van der Waals surface area contributed by atoms with Gasteiger partial charge in [0.1, 0.15) is 22.7 Å². The summed E-state index contributed by atoms with van der Waals surface area (Å²) in [6, 6.07) is 12.4. The van der Waals surface area contributed by atoms with Gasteiger partial charge >= 0.3 is 0 Å². The van der Waals surface area contributed by atoms with Crippen molar-refractivity contribution in [1.29, 1.82) is 5.26 Å². The van der Waals surface area contributed by atoms with Crippen LogP contribution in [-0.4, -0.2) is 4.98 Å². The first kappa shape index (κ1) is 12.7. The van der Waals surface area contributed by atoms with Gasteiger partial charge in [-0.05, 0) is 30.3 Å². The molecule has 2 rings (SSSR count). The number of nitriles is 1. The van der Waals surface area contributed by atoms with Crippen molar-refractivity contribution in [3.8, 4) is 11.8 Å². The molecule has 0 unspecified atom stereocenters. The quantitative estimate of drug-likeness (QED) is 0.802. The minimum Gasteiger partial charge on any atom is -0.489 e. The third-order valence-electron chi connectivity index (χ3n) is 2.25. The Labute approximate surface area is 115 Å². The van der Waals surface area contributed by atoms with Crippen LogP contribution in [0.5, 0.6) is 5.75 Å². The number of nitrogens with zero attached hydrogens (tertiary/aromatic N) is 2. The summed E-state index contributed by atoms with van der Waals surface area (Å²) < 4.78 is 5.54. The van der Waals surface area contributed by atoms with Crippen molar-refractivity contribution in [3.63, 3.8) is 0 Å². The molecule has 0 saturated heterocycles. The van der Waals surface area contributed by atoms with Gasteiger partial charge < -0.3 is 4.74 Å². The fraction of sp³-hybridized carbons (Fsp3) is 0.0769. The largest absolute Gasteiger partial charge is 0.489 e. The van der Waals surface area contributed by atoms with E-state index in [9.17, 15) is 0 Å². The summed E-state index contributed by atoms with van der Waals surface area (Å²) in [7, 11) is 0. The van der Waals surface area contributed by atoms with Crippen molar-refractivity contribution >= 4 is 23.2 Å². The molecular formula is C13H8Cl2N2O. The monoisotopic (exact) mass is 278 g/mol. The Morgan fingerprint density at radius 2 is 2.06 bits per heavy atom. The number of hydrogen-bond acceptors (Lipinski definition) is 3. The lowest BCUT2D eigenvalue weighted by Gasteiger charge is -2.07. The van der Waals surface area contributed by atoms with E-state index in [-0.39, 0.29) is 6.61 Å². The third kappa shape index (κ3) is 3.13. The molecule has 0 aliphatic rings. The van der Waals surface area contributed by atoms with Crippen LogP contribution in [0.15, 0.2) is 36.4 Å². The predicted molar refractivity (Wildman–Crippen MR) is 69.7 cm³/mol. The Morgan fingerprint density at radius 3 is 2.78 bits per heavy atom. The van der Waals surface area contributed by atoms with Gasteiger partial charge in [0.05, 0.1) is 11.6 Å². The Bertz CT molecular complexity index is 608. The van der Waals surface area contributed by atoms with Crippen LogP contribution < -0.4 is 4.74 Å². The molecule has 1 aromatic carbocycles. The molecule has 0 bridgehead atoms. The Hall–Kier alpha value is -1.76. The topological polar surface area (TPSA) is 45.9 Å². The summed E-state index contributed by atoms with van der Waals surface area (Å²) >= 11 is 11.6. The molecule has 18 heavy (non-hydrogen) atoms. The van der Waals surface area contributed by atoms with Gasteiger partial charge in [-0.2, -0.15) is 5.26 Å². The van der Waals surface area contributed by atoms with E-state index in [4.69, 9.17) is 33.2 Å². The zero-order valence-corrected chi connectivity index (χ0v) is 10.7. The van der Waals surface area contributed by atoms with E-state index in [2.05, 4.69) is 4.98 Å². The molecule has 1 aromatic heterocycles. The standard InChI is InChI=1S/C13H8Cl2N2O/c14-12-5-4-10(13(15)17-12)8-18-11-3-1-2-9(6-11)7-16/h1-6H,8H2. The van der Waals surface area contributed by atoms with Crippen LogP contribution in [0.25, 0.3) is 0 Å². The molecule has 0 atom stereocenters. The minimum absolute atomic E-state index is 0.276. The van der Waals surface area contributed by atoms with Gasteiger partial charge in [-0.1, -0.05) is 29.3 Å². The van der Waals surface area contributed by atoms with Crippen LogP contribution in [0.1, 0.15) is 11.1 Å². The zero-order chi connectivity index (χ0) is 13.0. The van der Waals surface area contributed by atoms with Crippen LogP contribution in [0, 0.1) is 11.3 Å². The maximum atomic E-state index is 8.77. The molecule has 2 aromatic rings. The van der Waals surface area contributed by atoms with E-state index in [1.807, 2.05) is 6.07 Å². The molecule has 0 aliphatic carbocycles. The summed E-state index contributed by atoms with van der Waals surface area (Å²) in [5.74, 6) is 0.611. The van der Waals surface area contributed by atoms with Crippen molar-refractivity contribution in [1.82, 2.24) is 4.98 Å². The number of ether oxygens (including phenoxy) is 1. The van der Waals surface area contributed by atoms with Gasteiger partial charge in [-0.15, -0.1) is 0 Å². The lowest BCUT2D eigenvalue weighted by molar-refractivity contribution is 0.306. The summed E-state index contributed by atoms with van der Waals surface area (Å²) in [6.45, 7) is 0.276. The van der Waals surface area contributed by atoms with Gasteiger partial charge in [-0.3, -0.25) is 0 Å². The fourth-order valence-electron chi connectivity index (χ4n) is 1.37. The highest BCUT2D eigenvalue weighted by Gasteiger charge is 2.04. The van der Waals surface area contributed by atoms with E-state index in [1.54, 1.807) is 36.4 Å². The fourth-order valence-corrected chi connectivity index (χ4v) is 1.76. The highest BCUT2D eigenvalue weighted by molar-refractivity contribution is 6.32. The molecule has 1 heterocycles. The van der Waals surface area contributed by atoms with E-state index in [0.717, 1.165) is 5.56 Å². The van der Waals surface area contributed by atoms with E-state index in [1.165, 1.54) is 0 Å². The van der Waals surface area contributed by atoms with Gasteiger partial charge in [-0.25, -0.2) is 4.98 Å². The van der Waals surface area contributed by atoms with Crippen molar-refractivity contribution in [2.24, 2.45) is 0 Å². The van der Waals surface area contributed by atoms with Crippen molar-refractivity contribution in [2.45, 2.75) is 6.61 Å². The second kappa shape index (κ2) is 5.72. The van der Waals surface area contributed by atoms with E-state index >= 15 is 0 Å². The van der Waals surface area contributed by atoms with Crippen LogP contribution in [0.4, 0.5) is 0 Å². The average Bonchev–Trinajstić information content (AvgIpc) is 2.38. The Kier molecular flexibility index (Phi) is 4.03. The molecule has 0 fully saturated rings. The lowest BCUT2D eigenvalue weighted by Crippen LogP contribution is -1.97. The maximum absolute atomic E-state index is 8.77. The van der Waals surface area contributed by atoms with Crippen LogP contribution in [0.2, 0.25) is 10.3 Å². The number of aromatic nitrogens is 1. The molecule has 0 radical (unpaired) electrons. The smallest absolute Gasteiger partial charge is 0.137 e. The highest BCUT2D eigenvalue weighted by Crippen LogP contribution is 2.19. The van der Waals surface area contributed by atoms with Gasteiger partial charge in [0, 0.05) is 5.56 Å². The third-order valence-corrected chi connectivity index (χ3v) is 2.79. The zero-order valence-electron chi connectivity index (χ0n) is 9.23. The van der Waals surface area contributed by atoms with E-state index in [0.29, 0.717) is 21.6 Å². The molecule has 0 N–H and O–H groups in total. The second-order valence-corrected chi connectivity index (χ2v) is 4.26. The second-order valence-electron chi connectivity index (χ2n) is 3.51. The predicted octanol–water partition coefficient (Wildman–Crippen LogP) is 3.84. The molecule has 90 valence electrons. The highest BCUT2D eigenvalue weighted by atomic mass is 35.5. The normalized spacial score (nSPS) is 9.83. The van der Waals surface area contributed by atoms with Gasteiger partial charge in [0.25, 0.3) is 0 Å². The molecular weight excluding hydrogens is 271 g/mol. The number of hydrogen-bond donors (Lipinski definition) is 0. The summed E-state index contributed by atoms with van der Waals surface area (Å²) in [5.41, 5.74) is 1.29.